The molecule has 98 valence electrons. The van der Waals surface area contributed by atoms with Gasteiger partial charge in [0.2, 0.25) is 0 Å². The molecule has 1 atom stereocenters. The van der Waals surface area contributed by atoms with Crippen molar-refractivity contribution in [3.8, 4) is 0 Å². The van der Waals surface area contributed by atoms with E-state index in [1.165, 1.54) is 0 Å². The maximum absolute atomic E-state index is 12.8. The number of benzene rings is 1. The molecule has 0 heterocycles. The average molecular weight is 260 g/mol. The molecule has 1 aromatic carbocycles. The second kappa shape index (κ2) is 5.92. The Morgan fingerprint density at radius 1 is 1.22 bits per heavy atom. The molecule has 0 aliphatic heterocycles. The summed E-state index contributed by atoms with van der Waals surface area (Å²) in [4.78, 5) is 21.8. The molecule has 0 aromatic heterocycles. The van der Waals surface area contributed by atoms with Gasteiger partial charge in [-0.05, 0) is 12.1 Å². The van der Waals surface area contributed by atoms with Crippen molar-refractivity contribution in [3.63, 3.8) is 0 Å². The van der Waals surface area contributed by atoms with E-state index in [-0.39, 0.29) is 5.69 Å². The third kappa shape index (κ3) is 3.98. The molecule has 1 rings (SSSR count). The van der Waals surface area contributed by atoms with Crippen LogP contribution in [0.1, 0.15) is 0 Å². The summed E-state index contributed by atoms with van der Waals surface area (Å²) in [7, 11) is 0. The number of aliphatic hydroxyl groups excluding tert-OH is 1. The van der Waals surface area contributed by atoms with Crippen LogP contribution in [0.5, 0.6) is 0 Å². The van der Waals surface area contributed by atoms with Crippen LogP contribution in [0.2, 0.25) is 0 Å². The van der Waals surface area contributed by atoms with E-state index in [1.807, 2.05) is 10.6 Å². The number of urea groups is 1. The number of hydrogen-bond donors (Lipinski definition) is 4. The Kier molecular flexibility index (Phi) is 4.55. The minimum Gasteiger partial charge on any atom is -0.480 e. The van der Waals surface area contributed by atoms with Crippen molar-refractivity contribution >= 4 is 17.7 Å². The second-order valence-corrected chi connectivity index (χ2v) is 3.33. The first kappa shape index (κ1) is 13.8. The van der Waals surface area contributed by atoms with Crippen LogP contribution in [0.25, 0.3) is 0 Å². The molecule has 0 saturated heterocycles. The van der Waals surface area contributed by atoms with Gasteiger partial charge in [0, 0.05) is 11.8 Å². The topological polar surface area (TPSA) is 98.7 Å². The first-order chi connectivity index (χ1) is 8.42. The number of anilines is 1. The molecule has 0 aliphatic carbocycles. The van der Waals surface area contributed by atoms with Crippen LogP contribution in [0.4, 0.5) is 19.3 Å². The fraction of sp³-hybridized carbons (Fsp3) is 0.200. The first-order valence-electron chi connectivity index (χ1n) is 4.79. The van der Waals surface area contributed by atoms with Gasteiger partial charge >= 0.3 is 12.0 Å². The SMILES string of the molecule is O=C(Nc1cc(F)cc(F)c1)N[C@H](CO)C(=O)O. The van der Waals surface area contributed by atoms with E-state index in [2.05, 4.69) is 0 Å². The minimum absolute atomic E-state index is 0.174. The zero-order valence-corrected chi connectivity index (χ0v) is 8.98. The van der Waals surface area contributed by atoms with E-state index < -0.39 is 36.3 Å². The summed E-state index contributed by atoms with van der Waals surface area (Å²) in [6, 6.07) is -0.157. The van der Waals surface area contributed by atoms with Crippen molar-refractivity contribution < 1.29 is 28.6 Å². The van der Waals surface area contributed by atoms with Gasteiger partial charge in [-0.3, -0.25) is 0 Å². The lowest BCUT2D eigenvalue weighted by molar-refractivity contribution is -0.140. The quantitative estimate of drug-likeness (QED) is 0.634. The zero-order valence-electron chi connectivity index (χ0n) is 8.98. The van der Waals surface area contributed by atoms with E-state index in [0.717, 1.165) is 12.1 Å². The molecule has 0 saturated carbocycles. The molecule has 0 bridgehead atoms. The zero-order chi connectivity index (χ0) is 13.7. The van der Waals surface area contributed by atoms with Gasteiger partial charge in [0.05, 0.1) is 6.61 Å². The molecule has 1 aromatic rings. The summed E-state index contributed by atoms with van der Waals surface area (Å²) >= 11 is 0. The van der Waals surface area contributed by atoms with Gasteiger partial charge in [0.1, 0.15) is 11.6 Å². The van der Waals surface area contributed by atoms with Gasteiger partial charge < -0.3 is 20.8 Å². The Balaban J connectivity index is 2.67. The van der Waals surface area contributed by atoms with Crippen LogP contribution < -0.4 is 10.6 Å². The predicted molar refractivity (Wildman–Crippen MR) is 57.0 cm³/mol. The smallest absolute Gasteiger partial charge is 0.328 e. The number of hydrogen-bond acceptors (Lipinski definition) is 3. The largest absolute Gasteiger partial charge is 0.480 e. The monoisotopic (exact) mass is 260 g/mol. The number of carboxylic acids is 1. The summed E-state index contributed by atoms with van der Waals surface area (Å²) in [5.74, 6) is -3.21. The van der Waals surface area contributed by atoms with Gasteiger partial charge in [0.15, 0.2) is 6.04 Å². The summed E-state index contributed by atoms with van der Waals surface area (Å²) in [5.41, 5.74) is -0.174. The maximum Gasteiger partial charge on any atom is 0.328 e. The third-order valence-electron chi connectivity index (χ3n) is 1.91. The minimum atomic E-state index is -1.50. The van der Waals surface area contributed by atoms with Crippen molar-refractivity contribution in [1.82, 2.24) is 5.32 Å². The second-order valence-electron chi connectivity index (χ2n) is 3.33. The van der Waals surface area contributed by atoms with E-state index in [9.17, 15) is 18.4 Å². The summed E-state index contributed by atoms with van der Waals surface area (Å²) < 4.78 is 25.6. The molecule has 0 fully saturated rings. The lowest BCUT2D eigenvalue weighted by atomic mass is 10.3. The number of carbonyl (C=O) groups is 2. The van der Waals surface area contributed by atoms with Crippen LogP contribution >= 0.6 is 0 Å². The lowest BCUT2D eigenvalue weighted by Gasteiger charge is -2.12. The normalized spacial score (nSPS) is 11.7. The highest BCUT2D eigenvalue weighted by Gasteiger charge is 2.18. The van der Waals surface area contributed by atoms with Gasteiger partial charge in [-0.15, -0.1) is 0 Å². The molecule has 2 amide bonds. The molecule has 4 N–H and O–H groups in total. The molecular formula is C10H10F2N2O4. The Labute approximate surface area is 100 Å². The number of carbonyl (C=O) groups excluding carboxylic acids is 1. The molecule has 0 unspecified atom stereocenters. The fourth-order valence-electron chi connectivity index (χ4n) is 1.14. The van der Waals surface area contributed by atoms with E-state index >= 15 is 0 Å². The first-order valence-corrected chi connectivity index (χ1v) is 4.79. The third-order valence-corrected chi connectivity index (χ3v) is 1.91. The van der Waals surface area contributed by atoms with Crippen LogP contribution in [0.15, 0.2) is 18.2 Å². The highest BCUT2D eigenvalue weighted by Crippen LogP contribution is 2.12. The number of carboxylic acid groups (broad SMARTS) is 1. The number of aliphatic hydroxyl groups is 1. The van der Waals surface area contributed by atoms with Crippen molar-refractivity contribution in [2.75, 3.05) is 11.9 Å². The molecule has 0 aliphatic rings. The van der Waals surface area contributed by atoms with Crippen molar-refractivity contribution in [2.45, 2.75) is 6.04 Å². The molecule has 0 spiro atoms. The Morgan fingerprint density at radius 3 is 2.22 bits per heavy atom. The van der Waals surface area contributed by atoms with Crippen LogP contribution in [0.3, 0.4) is 0 Å². The number of nitrogens with one attached hydrogen (secondary N) is 2. The van der Waals surface area contributed by atoms with Gasteiger partial charge in [-0.25, -0.2) is 18.4 Å². The fourth-order valence-corrected chi connectivity index (χ4v) is 1.14. The van der Waals surface area contributed by atoms with Crippen molar-refractivity contribution in [3.05, 3.63) is 29.8 Å². The lowest BCUT2D eigenvalue weighted by Crippen LogP contribution is -2.45. The molecule has 6 nitrogen and oxygen atoms in total. The summed E-state index contributed by atoms with van der Waals surface area (Å²) in [5, 5.41) is 21.2. The Hall–Kier alpha value is -2.22. The molecule has 18 heavy (non-hydrogen) atoms. The highest BCUT2D eigenvalue weighted by molar-refractivity contribution is 5.92. The van der Waals surface area contributed by atoms with Gasteiger partial charge in [-0.2, -0.15) is 0 Å². The van der Waals surface area contributed by atoms with E-state index in [4.69, 9.17) is 10.2 Å². The number of halogens is 2. The average Bonchev–Trinajstić information content (AvgIpc) is 2.23. The molecule has 0 radical (unpaired) electrons. The molecule has 8 heteroatoms. The standard InChI is InChI=1S/C10H10F2N2O4/c11-5-1-6(12)3-7(2-5)13-10(18)14-8(4-15)9(16)17/h1-3,8,15H,4H2,(H,16,17)(H2,13,14,18)/t8-/m1/s1. The van der Waals surface area contributed by atoms with Crippen molar-refractivity contribution in [2.24, 2.45) is 0 Å². The summed E-state index contributed by atoms with van der Waals surface area (Å²) in [6.45, 7) is -0.805. The van der Waals surface area contributed by atoms with Gasteiger partial charge in [-0.1, -0.05) is 0 Å². The maximum atomic E-state index is 12.8. The summed E-state index contributed by atoms with van der Waals surface area (Å²) in [6.07, 6.45) is 0. The molecular weight excluding hydrogens is 250 g/mol. The number of amides is 2. The van der Waals surface area contributed by atoms with Crippen molar-refractivity contribution in [1.29, 1.82) is 0 Å². The van der Waals surface area contributed by atoms with Crippen LogP contribution in [-0.4, -0.2) is 34.9 Å². The van der Waals surface area contributed by atoms with Crippen LogP contribution in [-0.2, 0) is 4.79 Å². The Bertz CT molecular complexity index is 447. The van der Waals surface area contributed by atoms with E-state index in [1.54, 1.807) is 0 Å². The van der Waals surface area contributed by atoms with E-state index in [0.29, 0.717) is 6.07 Å². The number of rotatable bonds is 4. The van der Waals surface area contributed by atoms with Crippen LogP contribution in [0, 0.1) is 11.6 Å². The number of aliphatic carboxylic acids is 1. The Morgan fingerprint density at radius 2 is 1.78 bits per heavy atom. The van der Waals surface area contributed by atoms with Gasteiger partial charge in [0.25, 0.3) is 0 Å². The highest BCUT2D eigenvalue weighted by atomic mass is 19.1. The predicted octanol–water partition coefficient (Wildman–Crippen LogP) is 0.532.